The van der Waals surface area contributed by atoms with Gasteiger partial charge in [-0.05, 0) is 12.8 Å². The molecule has 0 aromatic carbocycles. The van der Waals surface area contributed by atoms with E-state index in [1.54, 1.807) is 0 Å². The van der Waals surface area contributed by atoms with Crippen LogP contribution in [0.4, 0.5) is 0 Å². The first-order chi connectivity index (χ1) is 5.95. The SMILES string of the molecule is C1CCC(ONC2=NCCN2)C1. The molecule has 2 rings (SSSR count). The summed E-state index contributed by atoms with van der Waals surface area (Å²) < 4.78 is 0. The standard InChI is InChI=1S/C8H15N3O/c1-2-4-7(3-1)12-11-8-9-5-6-10-8/h7H,1-6H2,(H2,9,10,11). The summed E-state index contributed by atoms with van der Waals surface area (Å²) in [6.45, 7) is 1.78. The summed E-state index contributed by atoms with van der Waals surface area (Å²) in [5.74, 6) is 0.793. The van der Waals surface area contributed by atoms with E-state index in [0.29, 0.717) is 6.10 Å². The molecule has 12 heavy (non-hydrogen) atoms. The van der Waals surface area contributed by atoms with Crippen LogP contribution in [0.25, 0.3) is 0 Å². The Bertz CT molecular complexity index is 175. The maximum atomic E-state index is 5.44. The molecular formula is C8H15N3O. The van der Waals surface area contributed by atoms with Crippen molar-refractivity contribution >= 4 is 5.96 Å². The van der Waals surface area contributed by atoms with Gasteiger partial charge in [0.2, 0.25) is 5.96 Å². The Morgan fingerprint density at radius 1 is 1.42 bits per heavy atom. The highest BCUT2D eigenvalue weighted by atomic mass is 16.7. The molecule has 0 spiro atoms. The van der Waals surface area contributed by atoms with Gasteiger partial charge in [-0.2, -0.15) is 0 Å². The molecule has 0 saturated heterocycles. The van der Waals surface area contributed by atoms with Crippen molar-refractivity contribution in [2.75, 3.05) is 13.1 Å². The third-order valence-corrected chi connectivity index (χ3v) is 2.30. The zero-order valence-electron chi connectivity index (χ0n) is 7.18. The average Bonchev–Trinajstić information content (AvgIpc) is 2.74. The fourth-order valence-corrected chi connectivity index (χ4v) is 1.61. The zero-order chi connectivity index (χ0) is 8.23. The van der Waals surface area contributed by atoms with Gasteiger partial charge in [0.1, 0.15) is 0 Å². The Morgan fingerprint density at radius 2 is 2.25 bits per heavy atom. The first kappa shape index (κ1) is 7.86. The molecule has 0 aromatic rings. The summed E-state index contributed by atoms with van der Waals surface area (Å²) in [7, 11) is 0. The van der Waals surface area contributed by atoms with E-state index < -0.39 is 0 Å². The molecule has 68 valence electrons. The molecule has 0 unspecified atom stereocenters. The number of hydrogen-bond donors (Lipinski definition) is 2. The molecule has 2 aliphatic rings. The largest absolute Gasteiger partial charge is 0.353 e. The van der Waals surface area contributed by atoms with E-state index in [-0.39, 0.29) is 0 Å². The second-order valence-electron chi connectivity index (χ2n) is 3.28. The summed E-state index contributed by atoms with van der Waals surface area (Å²) in [6, 6.07) is 0. The number of aliphatic imine (C=N–C) groups is 1. The summed E-state index contributed by atoms with van der Waals surface area (Å²) in [4.78, 5) is 9.61. The van der Waals surface area contributed by atoms with Crippen molar-refractivity contribution in [2.45, 2.75) is 31.8 Å². The van der Waals surface area contributed by atoms with Crippen LogP contribution in [0.2, 0.25) is 0 Å². The van der Waals surface area contributed by atoms with Crippen LogP contribution in [0.5, 0.6) is 0 Å². The number of nitrogens with one attached hydrogen (secondary N) is 2. The van der Waals surface area contributed by atoms with Gasteiger partial charge in [-0.15, -0.1) is 0 Å². The van der Waals surface area contributed by atoms with Gasteiger partial charge in [-0.1, -0.05) is 12.8 Å². The van der Waals surface area contributed by atoms with Crippen LogP contribution in [0.1, 0.15) is 25.7 Å². The fraction of sp³-hybridized carbons (Fsp3) is 0.875. The second kappa shape index (κ2) is 3.76. The molecule has 0 radical (unpaired) electrons. The molecule has 4 nitrogen and oxygen atoms in total. The Labute approximate surface area is 72.3 Å². The molecule has 1 heterocycles. The molecular weight excluding hydrogens is 154 g/mol. The summed E-state index contributed by atoms with van der Waals surface area (Å²) in [5, 5.41) is 3.09. The minimum atomic E-state index is 0.398. The molecule has 4 heteroatoms. The molecule has 2 N–H and O–H groups in total. The van der Waals surface area contributed by atoms with Crippen LogP contribution < -0.4 is 10.8 Å². The Morgan fingerprint density at radius 3 is 2.92 bits per heavy atom. The first-order valence-electron chi connectivity index (χ1n) is 4.65. The van der Waals surface area contributed by atoms with Crippen molar-refractivity contribution in [2.24, 2.45) is 4.99 Å². The number of rotatable bonds is 2. The summed E-state index contributed by atoms with van der Waals surface area (Å²) in [6.07, 6.45) is 5.36. The van der Waals surface area contributed by atoms with Crippen molar-refractivity contribution in [1.29, 1.82) is 0 Å². The van der Waals surface area contributed by atoms with Gasteiger partial charge in [0.05, 0.1) is 12.6 Å². The van der Waals surface area contributed by atoms with Gasteiger partial charge in [-0.25, -0.2) is 10.5 Å². The summed E-state index contributed by atoms with van der Waals surface area (Å²) >= 11 is 0. The Hall–Kier alpha value is -0.770. The van der Waals surface area contributed by atoms with Gasteiger partial charge in [0.15, 0.2) is 0 Å². The van der Waals surface area contributed by atoms with Gasteiger partial charge < -0.3 is 5.32 Å². The number of hydrogen-bond acceptors (Lipinski definition) is 4. The maximum Gasteiger partial charge on any atom is 0.215 e. The van der Waals surface area contributed by atoms with E-state index in [9.17, 15) is 0 Å². The third kappa shape index (κ3) is 1.88. The van der Waals surface area contributed by atoms with Crippen LogP contribution in [-0.4, -0.2) is 25.2 Å². The molecule has 1 aliphatic heterocycles. The highest BCUT2D eigenvalue weighted by molar-refractivity contribution is 5.80. The second-order valence-corrected chi connectivity index (χ2v) is 3.28. The molecule has 0 aromatic heterocycles. The lowest BCUT2D eigenvalue weighted by molar-refractivity contribution is 0.0136. The fourth-order valence-electron chi connectivity index (χ4n) is 1.61. The van der Waals surface area contributed by atoms with Gasteiger partial charge >= 0.3 is 0 Å². The highest BCUT2D eigenvalue weighted by Gasteiger charge is 2.16. The normalized spacial score (nSPS) is 23.8. The van der Waals surface area contributed by atoms with Crippen molar-refractivity contribution in [3.8, 4) is 0 Å². The maximum absolute atomic E-state index is 5.44. The lowest BCUT2D eigenvalue weighted by Gasteiger charge is -2.11. The van der Waals surface area contributed by atoms with Crippen molar-refractivity contribution in [3.05, 3.63) is 0 Å². The molecule has 0 bridgehead atoms. The minimum Gasteiger partial charge on any atom is -0.353 e. The van der Waals surface area contributed by atoms with Crippen LogP contribution in [0, 0.1) is 0 Å². The van der Waals surface area contributed by atoms with Crippen LogP contribution >= 0.6 is 0 Å². The van der Waals surface area contributed by atoms with E-state index in [1.165, 1.54) is 25.7 Å². The monoisotopic (exact) mass is 169 g/mol. The predicted octanol–water partition coefficient (Wildman–Crippen LogP) is 0.409. The van der Waals surface area contributed by atoms with Crippen molar-refractivity contribution in [3.63, 3.8) is 0 Å². The van der Waals surface area contributed by atoms with Crippen LogP contribution in [0.3, 0.4) is 0 Å². The van der Waals surface area contributed by atoms with Crippen LogP contribution in [0.15, 0.2) is 4.99 Å². The number of hydroxylamine groups is 1. The molecule has 1 saturated carbocycles. The van der Waals surface area contributed by atoms with E-state index in [0.717, 1.165) is 19.0 Å². The Kier molecular flexibility index (Phi) is 2.46. The highest BCUT2D eigenvalue weighted by Crippen LogP contribution is 2.19. The molecule has 1 aliphatic carbocycles. The third-order valence-electron chi connectivity index (χ3n) is 2.30. The first-order valence-corrected chi connectivity index (χ1v) is 4.65. The van der Waals surface area contributed by atoms with E-state index >= 15 is 0 Å². The van der Waals surface area contributed by atoms with Crippen molar-refractivity contribution in [1.82, 2.24) is 10.8 Å². The van der Waals surface area contributed by atoms with Crippen LogP contribution in [-0.2, 0) is 4.84 Å². The minimum absolute atomic E-state index is 0.398. The van der Waals surface area contributed by atoms with Gasteiger partial charge in [0, 0.05) is 6.54 Å². The Balaban J connectivity index is 1.67. The lowest BCUT2D eigenvalue weighted by atomic mass is 10.3. The average molecular weight is 169 g/mol. The smallest absolute Gasteiger partial charge is 0.215 e. The molecule has 0 atom stereocenters. The quantitative estimate of drug-likeness (QED) is 0.588. The number of guanidine groups is 1. The van der Waals surface area contributed by atoms with Gasteiger partial charge in [-0.3, -0.25) is 4.84 Å². The topological polar surface area (TPSA) is 45.6 Å². The lowest BCUT2D eigenvalue weighted by Crippen LogP contribution is -2.36. The molecule has 0 amide bonds. The molecule has 1 fully saturated rings. The summed E-state index contributed by atoms with van der Waals surface area (Å²) in [5.41, 5.74) is 2.86. The van der Waals surface area contributed by atoms with E-state index in [1.807, 2.05) is 0 Å². The number of nitrogens with zero attached hydrogens (tertiary/aromatic N) is 1. The van der Waals surface area contributed by atoms with E-state index in [4.69, 9.17) is 4.84 Å². The van der Waals surface area contributed by atoms with E-state index in [2.05, 4.69) is 15.8 Å². The van der Waals surface area contributed by atoms with Crippen molar-refractivity contribution < 1.29 is 4.84 Å². The zero-order valence-corrected chi connectivity index (χ0v) is 7.18. The van der Waals surface area contributed by atoms with Gasteiger partial charge in [0.25, 0.3) is 0 Å². The predicted molar refractivity (Wildman–Crippen MR) is 46.8 cm³/mol.